The van der Waals surface area contributed by atoms with Crippen LogP contribution in [0, 0.1) is 0 Å². The third-order valence-corrected chi connectivity index (χ3v) is 2.41. The predicted octanol–water partition coefficient (Wildman–Crippen LogP) is 2.91. The first-order valence-corrected chi connectivity index (χ1v) is 5.07. The van der Waals surface area contributed by atoms with Gasteiger partial charge in [0, 0.05) is 18.2 Å². The van der Waals surface area contributed by atoms with E-state index in [-0.39, 0.29) is 0 Å². The van der Waals surface area contributed by atoms with Crippen molar-refractivity contribution in [1.82, 2.24) is 4.98 Å². The first-order chi connectivity index (χ1) is 7.25. The van der Waals surface area contributed by atoms with E-state index in [0.717, 1.165) is 12.0 Å². The summed E-state index contributed by atoms with van der Waals surface area (Å²) < 4.78 is 0. The third-order valence-electron chi connectivity index (χ3n) is 2.21. The van der Waals surface area contributed by atoms with Gasteiger partial charge in [-0.3, -0.25) is 0 Å². The van der Waals surface area contributed by atoms with Crippen molar-refractivity contribution in [3.63, 3.8) is 0 Å². The molecule has 0 atom stereocenters. The van der Waals surface area contributed by atoms with Crippen LogP contribution in [0.4, 0.5) is 5.82 Å². The molecule has 0 radical (unpaired) electrons. The third kappa shape index (κ3) is 2.48. The van der Waals surface area contributed by atoms with Crippen LogP contribution in [0.5, 0.6) is 0 Å². The van der Waals surface area contributed by atoms with Crippen molar-refractivity contribution in [1.29, 1.82) is 0 Å². The van der Waals surface area contributed by atoms with E-state index in [4.69, 9.17) is 17.3 Å². The molecule has 0 saturated carbocycles. The summed E-state index contributed by atoms with van der Waals surface area (Å²) in [6.45, 7) is 0. The SMILES string of the molecule is Nc1ncc(Cl)cc1Cc1ccccc1. The molecule has 1 aromatic heterocycles. The molecule has 1 aromatic carbocycles. The van der Waals surface area contributed by atoms with Crippen molar-refractivity contribution >= 4 is 17.4 Å². The molecule has 0 amide bonds. The minimum Gasteiger partial charge on any atom is -0.383 e. The van der Waals surface area contributed by atoms with Gasteiger partial charge in [0.1, 0.15) is 5.82 Å². The van der Waals surface area contributed by atoms with Gasteiger partial charge in [0.15, 0.2) is 0 Å². The smallest absolute Gasteiger partial charge is 0.126 e. The Morgan fingerprint density at radius 1 is 1.20 bits per heavy atom. The second-order valence-corrected chi connectivity index (χ2v) is 3.80. The molecular weight excluding hydrogens is 208 g/mol. The van der Waals surface area contributed by atoms with Crippen molar-refractivity contribution in [3.05, 3.63) is 58.7 Å². The topological polar surface area (TPSA) is 38.9 Å². The molecule has 0 unspecified atom stereocenters. The zero-order chi connectivity index (χ0) is 10.7. The Hall–Kier alpha value is -1.54. The van der Waals surface area contributed by atoms with Gasteiger partial charge < -0.3 is 5.73 Å². The quantitative estimate of drug-likeness (QED) is 0.842. The summed E-state index contributed by atoms with van der Waals surface area (Å²) >= 11 is 5.86. The lowest BCUT2D eigenvalue weighted by atomic mass is 10.1. The highest BCUT2D eigenvalue weighted by Gasteiger charge is 2.02. The lowest BCUT2D eigenvalue weighted by molar-refractivity contribution is 1.15. The van der Waals surface area contributed by atoms with E-state index in [0.29, 0.717) is 10.8 Å². The van der Waals surface area contributed by atoms with Crippen LogP contribution in [0.2, 0.25) is 5.02 Å². The number of rotatable bonds is 2. The first kappa shape index (κ1) is 9.99. The molecule has 0 fully saturated rings. The molecule has 0 bridgehead atoms. The van der Waals surface area contributed by atoms with Crippen LogP contribution in [0.1, 0.15) is 11.1 Å². The van der Waals surface area contributed by atoms with Crippen LogP contribution in [0.25, 0.3) is 0 Å². The zero-order valence-corrected chi connectivity index (χ0v) is 8.91. The number of benzene rings is 1. The van der Waals surface area contributed by atoms with Gasteiger partial charge in [-0.1, -0.05) is 41.9 Å². The Bertz CT molecular complexity index is 454. The van der Waals surface area contributed by atoms with E-state index in [1.54, 1.807) is 6.20 Å². The Labute approximate surface area is 93.7 Å². The van der Waals surface area contributed by atoms with E-state index in [2.05, 4.69) is 17.1 Å². The molecule has 15 heavy (non-hydrogen) atoms. The average Bonchev–Trinajstić information content (AvgIpc) is 2.25. The fourth-order valence-corrected chi connectivity index (χ4v) is 1.63. The predicted molar refractivity (Wildman–Crippen MR) is 62.9 cm³/mol. The summed E-state index contributed by atoms with van der Waals surface area (Å²) in [5.74, 6) is 0.545. The molecule has 0 aliphatic carbocycles. The highest BCUT2D eigenvalue weighted by molar-refractivity contribution is 6.30. The minimum atomic E-state index is 0.545. The maximum absolute atomic E-state index is 5.86. The van der Waals surface area contributed by atoms with Crippen molar-refractivity contribution in [2.45, 2.75) is 6.42 Å². The highest BCUT2D eigenvalue weighted by atomic mass is 35.5. The number of nitrogens with two attached hydrogens (primary N) is 1. The second kappa shape index (κ2) is 4.32. The Morgan fingerprint density at radius 3 is 2.67 bits per heavy atom. The zero-order valence-electron chi connectivity index (χ0n) is 8.15. The highest BCUT2D eigenvalue weighted by Crippen LogP contribution is 2.18. The average molecular weight is 219 g/mol. The van der Waals surface area contributed by atoms with Gasteiger partial charge in [0.05, 0.1) is 5.02 Å². The number of hydrogen-bond acceptors (Lipinski definition) is 2. The number of pyridine rings is 1. The van der Waals surface area contributed by atoms with Gasteiger partial charge in [0.2, 0.25) is 0 Å². The Kier molecular flexibility index (Phi) is 2.88. The molecule has 2 N–H and O–H groups in total. The van der Waals surface area contributed by atoms with Crippen LogP contribution in [0.15, 0.2) is 42.6 Å². The van der Waals surface area contributed by atoms with E-state index in [9.17, 15) is 0 Å². The number of nitrogen functional groups attached to an aromatic ring is 1. The van der Waals surface area contributed by atoms with E-state index in [1.807, 2.05) is 24.3 Å². The van der Waals surface area contributed by atoms with Crippen LogP contribution in [-0.2, 0) is 6.42 Å². The van der Waals surface area contributed by atoms with Crippen molar-refractivity contribution in [2.24, 2.45) is 0 Å². The van der Waals surface area contributed by atoms with Crippen molar-refractivity contribution in [3.8, 4) is 0 Å². The number of nitrogens with zero attached hydrogens (tertiary/aromatic N) is 1. The Balaban J connectivity index is 2.28. The molecule has 2 nitrogen and oxygen atoms in total. The summed E-state index contributed by atoms with van der Waals surface area (Å²) in [7, 11) is 0. The summed E-state index contributed by atoms with van der Waals surface area (Å²) in [5, 5.41) is 0.620. The fraction of sp³-hybridized carbons (Fsp3) is 0.0833. The van der Waals surface area contributed by atoms with Gasteiger partial charge in [-0.25, -0.2) is 4.98 Å². The minimum absolute atomic E-state index is 0.545. The number of halogens is 1. The molecule has 2 aromatic rings. The van der Waals surface area contributed by atoms with E-state index in [1.165, 1.54) is 5.56 Å². The van der Waals surface area contributed by atoms with Crippen LogP contribution in [0.3, 0.4) is 0 Å². The van der Waals surface area contributed by atoms with E-state index >= 15 is 0 Å². The molecule has 2 rings (SSSR count). The summed E-state index contributed by atoms with van der Waals surface area (Å²) in [4.78, 5) is 4.02. The van der Waals surface area contributed by atoms with Gasteiger partial charge in [0.25, 0.3) is 0 Å². The maximum atomic E-state index is 5.86. The molecule has 76 valence electrons. The summed E-state index contributed by atoms with van der Waals surface area (Å²) in [6, 6.07) is 12.0. The molecule has 0 spiro atoms. The van der Waals surface area contributed by atoms with Gasteiger partial charge >= 0.3 is 0 Å². The van der Waals surface area contributed by atoms with Gasteiger partial charge in [-0.05, 0) is 11.6 Å². The van der Waals surface area contributed by atoms with Crippen molar-refractivity contribution in [2.75, 3.05) is 5.73 Å². The summed E-state index contributed by atoms with van der Waals surface area (Å²) in [5.41, 5.74) is 7.94. The molecule has 0 aliphatic rings. The number of anilines is 1. The van der Waals surface area contributed by atoms with E-state index < -0.39 is 0 Å². The monoisotopic (exact) mass is 218 g/mol. The summed E-state index contributed by atoms with van der Waals surface area (Å²) in [6.07, 6.45) is 2.33. The number of hydrogen-bond donors (Lipinski definition) is 1. The molecule has 3 heteroatoms. The maximum Gasteiger partial charge on any atom is 0.126 e. The van der Waals surface area contributed by atoms with Gasteiger partial charge in [-0.15, -0.1) is 0 Å². The largest absolute Gasteiger partial charge is 0.383 e. The molecule has 0 aliphatic heterocycles. The fourth-order valence-electron chi connectivity index (χ4n) is 1.45. The number of aromatic nitrogens is 1. The lowest BCUT2D eigenvalue weighted by Crippen LogP contribution is -1.98. The molecular formula is C12H11ClN2. The standard InChI is InChI=1S/C12H11ClN2/c13-11-7-10(12(14)15-8-11)6-9-4-2-1-3-5-9/h1-5,7-8H,6H2,(H2,14,15). The molecule has 1 heterocycles. The normalized spacial score (nSPS) is 10.2. The second-order valence-electron chi connectivity index (χ2n) is 3.36. The van der Waals surface area contributed by atoms with Crippen LogP contribution in [-0.4, -0.2) is 4.98 Å². The van der Waals surface area contributed by atoms with Crippen LogP contribution < -0.4 is 5.73 Å². The molecule has 0 saturated heterocycles. The van der Waals surface area contributed by atoms with Crippen LogP contribution >= 0.6 is 11.6 Å². The Morgan fingerprint density at radius 2 is 1.93 bits per heavy atom. The van der Waals surface area contributed by atoms with Gasteiger partial charge in [-0.2, -0.15) is 0 Å². The van der Waals surface area contributed by atoms with Crippen molar-refractivity contribution < 1.29 is 0 Å². The first-order valence-electron chi connectivity index (χ1n) is 4.69. The lowest BCUT2D eigenvalue weighted by Gasteiger charge is -2.05.